The van der Waals surface area contributed by atoms with Crippen LogP contribution in [0.4, 0.5) is 0 Å². The summed E-state index contributed by atoms with van der Waals surface area (Å²) in [4.78, 5) is 12.6. The van der Waals surface area contributed by atoms with Gasteiger partial charge < -0.3 is 0 Å². The number of carbonyl (C=O) groups is 1. The van der Waals surface area contributed by atoms with Gasteiger partial charge in [-0.25, -0.2) is 4.68 Å². The summed E-state index contributed by atoms with van der Waals surface area (Å²) in [6, 6.07) is 17.0. The van der Waals surface area contributed by atoms with Crippen LogP contribution in [-0.2, 0) is 0 Å². The molecule has 3 aromatic rings. The van der Waals surface area contributed by atoms with Gasteiger partial charge in [-0.05, 0) is 46.9 Å². The molecule has 0 aliphatic carbocycles. The van der Waals surface area contributed by atoms with Crippen molar-refractivity contribution in [2.24, 2.45) is 0 Å². The minimum Gasteiger partial charge on any atom is -0.287 e. The summed E-state index contributed by atoms with van der Waals surface area (Å²) in [6.45, 7) is 0. The first-order valence-electron chi connectivity index (χ1n) is 6.03. The summed E-state index contributed by atoms with van der Waals surface area (Å²) < 4.78 is 2.47. The first kappa shape index (κ1) is 13.0. The molecule has 0 spiro atoms. The molecule has 0 aliphatic heterocycles. The van der Waals surface area contributed by atoms with Crippen LogP contribution in [0, 0.1) is 3.57 Å². The van der Waals surface area contributed by atoms with Crippen LogP contribution in [0.2, 0.25) is 0 Å². The smallest absolute Gasteiger partial charge is 0.214 e. The summed E-state index contributed by atoms with van der Waals surface area (Å²) in [5, 5.41) is 7.87. The van der Waals surface area contributed by atoms with E-state index in [0.29, 0.717) is 11.3 Å². The van der Waals surface area contributed by atoms with E-state index >= 15 is 0 Å². The number of carbonyl (C=O) groups excluding carboxylic acids is 1. The fourth-order valence-corrected chi connectivity index (χ4v) is 2.57. The predicted octanol–water partition coefficient (Wildman–Crippen LogP) is 3.10. The molecular weight excluding hydrogens is 365 g/mol. The minimum atomic E-state index is -0.0798. The molecule has 0 atom stereocenters. The summed E-state index contributed by atoms with van der Waals surface area (Å²) in [5.74, 6) is -0.0798. The van der Waals surface area contributed by atoms with Crippen molar-refractivity contribution in [3.05, 3.63) is 75.6 Å². The van der Waals surface area contributed by atoms with E-state index in [9.17, 15) is 4.79 Å². The average molecular weight is 375 g/mol. The molecule has 0 radical (unpaired) electrons. The maximum Gasteiger partial charge on any atom is 0.214 e. The highest BCUT2D eigenvalue weighted by atomic mass is 127. The van der Waals surface area contributed by atoms with Gasteiger partial charge in [0.25, 0.3) is 0 Å². The fraction of sp³-hybridized carbons (Fsp3) is 0. The lowest BCUT2D eigenvalue weighted by Gasteiger charge is -2.06. The molecule has 0 amide bonds. The molecule has 20 heavy (non-hydrogen) atoms. The molecule has 2 aromatic carbocycles. The average Bonchev–Trinajstić information content (AvgIpc) is 2.97. The Kier molecular flexibility index (Phi) is 3.60. The van der Waals surface area contributed by atoms with Gasteiger partial charge in [-0.3, -0.25) is 4.79 Å². The van der Waals surface area contributed by atoms with E-state index in [1.54, 1.807) is 4.68 Å². The number of ketones is 1. The van der Waals surface area contributed by atoms with Gasteiger partial charge in [-0.2, -0.15) is 0 Å². The fourth-order valence-electron chi connectivity index (χ4n) is 1.93. The number of aromatic nitrogens is 3. The van der Waals surface area contributed by atoms with E-state index in [0.717, 1.165) is 9.26 Å². The molecule has 0 unspecified atom stereocenters. The largest absolute Gasteiger partial charge is 0.287 e. The minimum absolute atomic E-state index is 0.0798. The standard InChI is InChI=1S/C15H10IN3O/c16-13-9-5-4-8-12(13)15(20)14-10-17-18-19(14)11-6-2-1-3-7-11/h1-10H. The van der Waals surface area contributed by atoms with Crippen molar-refractivity contribution in [3.63, 3.8) is 0 Å². The van der Waals surface area contributed by atoms with Gasteiger partial charge in [0, 0.05) is 9.13 Å². The SMILES string of the molecule is O=C(c1ccccc1I)c1cnnn1-c1ccccc1. The van der Waals surface area contributed by atoms with Crippen LogP contribution in [0.25, 0.3) is 5.69 Å². The molecule has 1 heterocycles. The predicted molar refractivity (Wildman–Crippen MR) is 84.0 cm³/mol. The molecule has 0 fully saturated rings. The first-order valence-corrected chi connectivity index (χ1v) is 7.10. The van der Waals surface area contributed by atoms with E-state index in [1.807, 2.05) is 54.6 Å². The van der Waals surface area contributed by atoms with E-state index in [1.165, 1.54) is 6.20 Å². The molecule has 0 bridgehead atoms. The van der Waals surface area contributed by atoms with Crippen LogP contribution in [0.15, 0.2) is 60.8 Å². The third kappa shape index (κ3) is 2.36. The molecule has 5 heteroatoms. The Morgan fingerprint density at radius 2 is 1.70 bits per heavy atom. The molecule has 1 aromatic heterocycles. The normalized spacial score (nSPS) is 10.4. The summed E-state index contributed by atoms with van der Waals surface area (Å²) >= 11 is 2.16. The molecule has 98 valence electrons. The van der Waals surface area contributed by atoms with Gasteiger partial charge in [0.1, 0.15) is 5.69 Å². The Balaban J connectivity index is 2.07. The van der Waals surface area contributed by atoms with Crippen LogP contribution >= 0.6 is 22.6 Å². The van der Waals surface area contributed by atoms with Crippen LogP contribution in [0.1, 0.15) is 16.1 Å². The van der Waals surface area contributed by atoms with Crippen molar-refractivity contribution in [3.8, 4) is 5.69 Å². The van der Waals surface area contributed by atoms with Crippen molar-refractivity contribution in [1.82, 2.24) is 15.0 Å². The highest BCUT2D eigenvalue weighted by Crippen LogP contribution is 2.17. The Hall–Kier alpha value is -2.02. The van der Waals surface area contributed by atoms with Crippen molar-refractivity contribution in [2.45, 2.75) is 0 Å². The summed E-state index contributed by atoms with van der Waals surface area (Å²) in [5.41, 5.74) is 1.94. The number of hydrogen-bond donors (Lipinski definition) is 0. The highest BCUT2D eigenvalue weighted by Gasteiger charge is 2.18. The van der Waals surface area contributed by atoms with Crippen molar-refractivity contribution < 1.29 is 4.79 Å². The summed E-state index contributed by atoms with van der Waals surface area (Å²) in [7, 11) is 0. The second-order valence-corrected chi connectivity index (χ2v) is 5.34. The maximum absolute atomic E-state index is 12.6. The van der Waals surface area contributed by atoms with Crippen LogP contribution < -0.4 is 0 Å². The summed E-state index contributed by atoms with van der Waals surface area (Å²) in [6.07, 6.45) is 1.50. The second kappa shape index (κ2) is 5.54. The Morgan fingerprint density at radius 3 is 2.45 bits per heavy atom. The Bertz CT molecular complexity index is 753. The quantitative estimate of drug-likeness (QED) is 0.522. The monoisotopic (exact) mass is 375 g/mol. The van der Waals surface area contributed by atoms with Gasteiger partial charge in [0.2, 0.25) is 5.78 Å². The maximum atomic E-state index is 12.6. The molecular formula is C15H10IN3O. The van der Waals surface area contributed by atoms with E-state index in [-0.39, 0.29) is 5.78 Å². The van der Waals surface area contributed by atoms with E-state index in [4.69, 9.17) is 0 Å². The molecule has 0 saturated heterocycles. The van der Waals surface area contributed by atoms with Crippen LogP contribution in [0.5, 0.6) is 0 Å². The molecule has 4 nitrogen and oxygen atoms in total. The Morgan fingerprint density at radius 1 is 1.00 bits per heavy atom. The highest BCUT2D eigenvalue weighted by molar-refractivity contribution is 14.1. The zero-order valence-electron chi connectivity index (χ0n) is 10.4. The van der Waals surface area contributed by atoms with Crippen molar-refractivity contribution in [2.75, 3.05) is 0 Å². The first-order chi connectivity index (χ1) is 9.77. The van der Waals surface area contributed by atoms with Crippen LogP contribution in [0.3, 0.4) is 0 Å². The third-order valence-electron chi connectivity index (χ3n) is 2.90. The lowest BCUT2D eigenvalue weighted by Crippen LogP contribution is -2.11. The van der Waals surface area contributed by atoms with Gasteiger partial charge >= 0.3 is 0 Å². The molecule has 0 aliphatic rings. The molecule has 0 N–H and O–H groups in total. The van der Waals surface area contributed by atoms with Gasteiger partial charge in [0.05, 0.1) is 11.9 Å². The van der Waals surface area contributed by atoms with Crippen LogP contribution in [-0.4, -0.2) is 20.8 Å². The lowest BCUT2D eigenvalue weighted by atomic mass is 10.1. The second-order valence-electron chi connectivity index (χ2n) is 4.18. The number of para-hydroxylation sites is 1. The van der Waals surface area contributed by atoms with E-state index < -0.39 is 0 Å². The topological polar surface area (TPSA) is 47.8 Å². The molecule has 3 rings (SSSR count). The zero-order valence-corrected chi connectivity index (χ0v) is 12.6. The van der Waals surface area contributed by atoms with Gasteiger partial charge in [-0.1, -0.05) is 35.5 Å². The zero-order chi connectivity index (χ0) is 13.9. The third-order valence-corrected chi connectivity index (χ3v) is 3.84. The number of nitrogens with zero attached hydrogens (tertiary/aromatic N) is 3. The van der Waals surface area contributed by atoms with Crippen molar-refractivity contribution >= 4 is 28.4 Å². The Labute approximate surface area is 129 Å². The lowest BCUT2D eigenvalue weighted by molar-refractivity contribution is 0.103. The molecule has 0 saturated carbocycles. The number of hydrogen-bond acceptors (Lipinski definition) is 3. The van der Waals surface area contributed by atoms with Gasteiger partial charge in [-0.15, -0.1) is 5.10 Å². The number of benzene rings is 2. The number of halogens is 1. The number of rotatable bonds is 3. The van der Waals surface area contributed by atoms with E-state index in [2.05, 4.69) is 32.9 Å². The van der Waals surface area contributed by atoms with Crippen molar-refractivity contribution in [1.29, 1.82) is 0 Å². The van der Waals surface area contributed by atoms with Gasteiger partial charge in [0.15, 0.2) is 0 Å².